The van der Waals surface area contributed by atoms with Crippen molar-refractivity contribution in [1.29, 1.82) is 0 Å². The van der Waals surface area contributed by atoms with Crippen LogP contribution in [0.5, 0.6) is 5.75 Å². The van der Waals surface area contributed by atoms with Crippen molar-refractivity contribution in [3.05, 3.63) is 18.2 Å². The van der Waals surface area contributed by atoms with Crippen LogP contribution in [0.15, 0.2) is 23.1 Å². The molecule has 140 valence electrons. The van der Waals surface area contributed by atoms with E-state index in [-0.39, 0.29) is 30.3 Å². The zero-order chi connectivity index (χ0) is 18.4. The highest BCUT2D eigenvalue weighted by molar-refractivity contribution is 7.89. The number of nitrogens with zero attached hydrogens (tertiary/aromatic N) is 1. The third-order valence-corrected chi connectivity index (χ3v) is 5.62. The number of methoxy groups -OCH3 is 2. The average molecular weight is 373 g/mol. The summed E-state index contributed by atoms with van der Waals surface area (Å²) in [4.78, 5) is 12.0. The summed E-state index contributed by atoms with van der Waals surface area (Å²) in [7, 11) is -0.945. The van der Waals surface area contributed by atoms with Crippen LogP contribution >= 0.6 is 0 Å². The topological polar surface area (TPSA) is 120 Å². The summed E-state index contributed by atoms with van der Waals surface area (Å²) in [6, 6.07) is 3.55. The molecule has 9 nitrogen and oxygen atoms in total. The number of hydrogen-bond acceptors (Lipinski definition) is 7. The number of nitrogens with two attached hydrogens (primary N) is 1. The molecule has 1 aromatic carbocycles. The Labute approximate surface area is 147 Å². The van der Waals surface area contributed by atoms with Crippen LogP contribution in [0.4, 0.5) is 5.69 Å². The fourth-order valence-electron chi connectivity index (χ4n) is 2.37. The quantitative estimate of drug-likeness (QED) is 0.669. The minimum Gasteiger partial charge on any atom is -0.495 e. The molecule has 1 aliphatic heterocycles. The van der Waals surface area contributed by atoms with Gasteiger partial charge < -0.3 is 25.3 Å². The van der Waals surface area contributed by atoms with Gasteiger partial charge in [-0.25, -0.2) is 8.42 Å². The van der Waals surface area contributed by atoms with Crippen LogP contribution in [0, 0.1) is 0 Å². The van der Waals surface area contributed by atoms with Crippen molar-refractivity contribution in [3.8, 4) is 5.75 Å². The standard InChI is InChI=1S/C15H23N3O6S/c1-22-10-12(16)15(19)17-11-3-4-13(23-2)14(9-11)25(20,21)18-5-7-24-8-6-18/h3-4,9,12H,5-8,10,16H2,1-2H3,(H,17,19). The number of morpholine rings is 1. The largest absolute Gasteiger partial charge is 0.495 e. The molecule has 2 rings (SSSR count). The van der Waals surface area contributed by atoms with Crippen LogP contribution in [-0.4, -0.2) is 71.8 Å². The van der Waals surface area contributed by atoms with Gasteiger partial charge in [-0.15, -0.1) is 0 Å². The van der Waals surface area contributed by atoms with Crippen molar-refractivity contribution < 1.29 is 27.4 Å². The van der Waals surface area contributed by atoms with Gasteiger partial charge in [-0.1, -0.05) is 0 Å². The van der Waals surface area contributed by atoms with Gasteiger partial charge in [0.15, 0.2) is 0 Å². The SMILES string of the molecule is COCC(N)C(=O)Nc1ccc(OC)c(S(=O)(=O)N2CCOCC2)c1. The van der Waals surface area contributed by atoms with Gasteiger partial charge in [0, 0.05) is 25.9 Å². The first-order valence-corrected chi connectivity index (χ1v) is 9.15. The van der Waals surface area contributed by atoms with E-state index in [1.165, 1.54) is 30.7 Å². The van der Waals surface area contributed by atoms with Gasteiger partial charge in [0.2, 0.25) is 15.9 Å². The average Bonchev–Trinajstić information content (AvgIpc) is 2.62. The smallest absolute Gasteiger partial charge is 0.246 e. The molecule has 0 aromatic heterocycles. The molecule has 1 unspecified atom stereocenters. The molecule has 1 aliphatic rings. The zero-order valence-corrected chi connectivity index (χ0v) is 15.0. The lowest BCUT2D eigenvalue weighted by molar-refractivity contribution is -0.118. The number of benzene rings is 1. The maximum atomic E-state index is 12.9. The van der Waals surface area contributed by atoms with E-state index in [4.69, 9.17) is 19.9 Å². The van der Waals surface area contributed by atoms with Gasteiger partial charge in [-0.2, -0.15) is 4.31 Å². The van der Waals surface area contributed by atoms with Crippen molar-refractivity contribution in [2.24, 2.45) is 5.73 Å². The second-order valence-electron chi connectivity index (χ2n) is 5.43. The lowest BCUT2D eigenvalue weighted by atomic mass is 10.2. The predicted octanol–water partition coefficient (Wildman–Crippen LogP) is -0.372. The van der Waals surface area contributed by atoms with E-state index in [0.717, 1.165) is 0 Å². The minimum atomic E-state index is -3.77. The highest BCUT2D eigenvalue weighted by atomic mass is 32.2. The molecule has 1 saturated heterocycles. The molecule has 1 fully saturated rings. The summed E-state index contributed by atoms with van der Waals surface area (Å²) in [6.45, 7) is 1.26. The van der Waals surface area contributed by atoms with Gasteiger partial charge in [-0.3, -0.25) is 4.79 Å². The molecule has 1 heterocycles. The maximum Gasteiger partial charge on any atom is 0.246 e. The molecule has 0 radical (unpaired) electrons. The van der Waals surface area contributed by atoms with Crippen LogP contribution in [0.3, 0.4) is 0 Å². The summed E-state index contributed by atoms with van der Waals surface area (Å²) < 4.78 is 42.3. The summed E-state index contributed by atoms with van der Waals surface area (Å²) >= 11 is 0. The Morgan fingerprint density at radius 2 is 2.04 bits per heavy atom. The fraction of sp³-hybridized carbons (Fsp3) is 0.533. The van der Waals surface area contributed by atoms with E-state index in [0.29, 0.717) is 18.9 Å². The summed E-state index contributed by atoms with van der Waals surface area (Å²) in [5, 5.41) is 2.59. The van der Waals surface area contributed by atoms with Crippen molar-refractivity contribution in [2.45, 2.75) is 10.9 Å². The summed E-state index contributed by atoms with van der Waals surface area (Å²) in [5.74, 6) is -0.271. The van der Waals surface area contributed by atoms with Crippen LogP contribution in [0.2, 0.25) is 0 Å². The minimum absolute atomic E-state index is 0.0185. The Morgan fingerprint density at radius 3 is 2.64 bits per heavy atom. The van der Waals surface area contributed by atoms with Crippen LogP contribution in [0.1, 0.15) is 0 Å². The second-order valence-corrected chi connectivity index (χ2v) is 7.34. The predicted molar refractivity (Wildman–Crippen MR) is 91.1 cm³/mol. The van der Waals surface area contributed by atoms with Crippen molar-refractivity contribution in [2.75, 3.05) is 52.4 Å². The lowest BCUT2D eigenvalue weighted by Crippen LogP contribution is -2.41. The highest BCUT2D eigenvalue weighted by Crippen LogP contribution is 2.30. The third kappa shape index (κ3) is 4.67. The van der Waals surface area contributed by atoms with E-state index >= 15 is 0 Å². The van der Waals surface area contributed by atoms with Gasteiger partial charge in [-0.05, 0) is 18.2 Å². The van der Waals surface area contributed by atoms with Crippen LogP contribution in [0.25, 0.3) is 0 Å². The van der Waals surface area contributed by atoms with E-state index < -0.39 is 22.0 Å². The normalized spacial score (nSPS) is 17.1. The fourth-order valence-corrected chi connectivity index (χ4v) is 3.96. The molecule has 1 atom stereocenters. The van der Waals surface area contributed by atoms with Gasteiger partial charge in [0.25, 0.3) is 0 Å². The van der Waals surface area contributed by atoms with Crippen LogP contribution < -0.4 is 15.8 Å². The lowest BCUT2D eigenvalue weighted by Gasteiger charge is -2.27. The number of sulfonamides is 1. The highest BCUT2D eigenvalue weighted by Gasteiger charge is 2.29. The first-order valence-electron chi connectivity index (χ1n) is 7.71. The molecule has 0 aliphatic carbocycles. The number of carbonyl (C=O) groups excluding carboxylic acids is 1. The third-order valence-electron chi connectivity index (χ3n) is 3.70. The number of carbonyl (C=O) groups is 1. The molecule has 1 amide bonds. The number of anilines is 1. The monoisotopic (exact) mass is 373 g/mol. The second kappa shape index (κ2) is 8.59. The van der Waals surface area contributed by atoms with E-state index in [9.17, 15) is 13.2 Å². The van der Waals surface area contributed by atoms with E-state index in [1.807, 2.05) is 0 Å². The molecule has 1 aromatic rings. The summed E-state index contributed by atoms with van der Waals surface area (Å²) in [6.07, 6.45) is 0. The number of hydrogen-bond donors (Lipinski definition) is 2. The number of ether oxygens (including phenoxy) is 3. The molecule has 0 saturated carbocycles. The molecular formula is C15H23N3O6S. The van der Waals surface area contributed by atoms with Crippen molar-refractivity contribution in [1.82, 2.24) is 4.31 Å². The Morgan fingerprint density at radius 1 is 1.36 bits per heavy atom. The first-order chi connectivity index (χ1) is 11.9. The van der Waals surface area contributed by atoms with E-state index in [2.05, 4.69) is 5.32 Å². The molecule has 0 bridgehead atoms. The molecule has 3 N–H and O–H groups in total. The maximum absolute atomic E-state index is 12.9. The Hall–Kier alpha value is -1.72. The summed E-state index contributed by atoms with van der Waals surface area (Å²) in [5.41, 5.74) is 5.98. The van der Waals surface area contributed by atoms with Crippen LogP contribution in [-0.2, 0) is 24.3 Å². The molecule has 10 heteroatoms. The molecule has 0 spiro atoms. The van der Waals surface area contributed by atoms with Gasteiger partial charge >= 0.3 is 0 Å². The van der Waals surface area contributed by atoms with Gasteiger partial charge in [0.05, 0.1) is 26.9 Å². The Bertz CT molecular complexity index is 703. The number of amides is 1. The molecule has 25 heavy (non-hydrogen) atoms. The van der Waals surface area contributed by atoms with Crippen molar-refractivity contribution >= 4 is 21.6 Å². The number of nitrogens with one attached hydrogen (secondary N) is 1. The number of rotatable bonds is 7. The first kappa shape index (κ1) is 19.6. The zero-order valence-electron chi connectivity index (χ0n) is 14.2. The van der Waals surface area contributed by atoms with Gasteiger partial charge in [0.1, 0.15) is 16.7 Å². The Balaban J connectivity index is 2.29. The van der Waals surface area contributed by atoms with E-state index in [1.54, 1.807) is 6.07 Å². The van der Waals surface area contributed by atoms with Crippen molar-refractivity contribution in [3.63, 3.8) is 0 Å². The Kier molecular flexibility index (Phi) is 6.73. The molecular weight excluding hydrogens is 350 g/mol.